The van der Waals surface area contributed by atoms with Crippen molar-refractivity contribution in [1.29, 1.82) is 0 Å². The van der Waals surface area contributed by atoms with Crippen molar-refractivity contribution in [3.8, 4) is 0 Å². The van der Waals surface area contributed by atoms with E-state index in [1.54, 1.807) is 4.90 Å². The van der Waals surface area contributed by atoms with Crippen LogP contribution in [0.15, 0.2) is 24.3 Å². The number of rotatable bonds is 7. The Balaban J connectivity index is 1.83. The molecular formula is C19H29N3O3. The third-order valence-electron chi connectivity index (χ3n) is 4.43. The molecule has 2 rings (SSSR count). The molecule has 1 aromatic rings. The first-order valence-electron chi connectivity index (χ1n) is 8.91. The highest BCUT2D eigenvalue weighted by Crippen LogP contribution is 2.17. The molecule has 0 saturated carbocycles. The van der Waals surface area contributed by atoms with Crippen molar-refractivity contribution in [2.24, 2.45) is 0 Å². The number of benzene rings is 1. The van der Waals surface area contributed by atoms with Crippen LogP contribution in [-0.2, 0) is 14.3 Å². The van der Waals surface area contributed by atoms with E-state index in [2.05, 4.69) is 24.1 Å². The van der Waals surface area contributed by atoms with Crippen LogP contribution in [0.1, 0.15) is 32.3 Å². The number of hydrogen-bond donors (Lipinski definition) is 1. The molecule has 25 heavy (non-hydrogen) atoms. The lowest BCUT2D eigenvalue weighted by Gasteiger charge is -2.29. The smallest absolute Gasteiger partial charge is 0.243 e. The molecule has 1 N–H and O–H groups in total. The van der Waals surface area contributed by atoms with Gasteiger partial charge in [0, 0.05) is 38.8 Å². The van der Waals surface area contributed by atoms with Crippen molar-refractivity contribution in [1.82, 2.24) is 9.80 Å². The van der Waals surface area contributed by atoms with E-state index in [1.807, 2.05) is 24.3 Å². The largest absolute Gasteiger partial charge is 0.379 e. The second kappa shape index (κ2) is 9.53. The van der Waals surface area contributed by atoms with Crippen LogP contribution in [0.3, 0.4) is 0 Å². The zero-order valence-electron chi connectivity index (χ0n) is 15.5. The van der Waals surface area contributed by atoms with Gasteiger partial charge in [0.05, 0.1) is 19.8 Å². The molecule has 1 saturated heterocycles. The van der Waals surface area contributed by atoms with Crippen molar-refractivity contribution in [2.45, 2.75) is 26.7 Å². The van der Waals surface area contributed by atoms with Crippen molar-refractivity contribution >= 4 is 17.5 Å². The Morgan fingerprint density at radius 1 is 1.20 bits per heavy atom. The van der Waals surface area contributed by atoms with Gasteiger partial charge in [0.25, 0.3) is 0 Å². The third-order valence-corrected chi connectivity index (χ3v) is 4.43. The van der Waals surface area contributed by atoms with Gasteiger partial charge in [0.15, 0.2) is 0 Å². The molecule has 6 heteroatoms. The van der Waals surface area contributed by atoms with Crippen molar-refractivity contribution < 1.29 is 14.3 Å². The average Bonchev–Trinajstić information content (AvgIpc) is 2.59. The summed E-state index contributed by atoms with van der Waals surface area (Å²) in [5.41, 5.74) is 1.99. The first kappa shape index (κ1) is 19.4. The Hall–Kier alpha value is -1.92. The summed E-state index contributed by atoms with van der Waals surface area (Å²) in [6.45, 7) is 10.4. The van der Waals surface area contributed by atoms with Gasteiger partial charge < -0.3 is 15.0 Å². The van der Waals surface area contributed by atoms with Crippen LogP contribution in [-0.4, -0.2) is 67.6 Å². The minimum absolute atomic E-state index is 0.0750. The Kier molecular flexibility index (Phi) is 7.40. The first-order chi connectivity index (χ1) is 12.0. The molecule has 6 nitrogen and oxygen atoms in total. The van der Waals surface area contributed by atoms with Crippen LogP contribution in [0.2, 0.25) is 0 Å². The van der Waals surface area contributed by atoms with Gasteiger partial charge in [0.1, 0.15) is 0 Å². The molecule has 0 radical (unpaired) electrons. The first-order valence-corrected chi connectivity index (χ1v) is 8.91. The van der Waals surface area contributed by atoms with E-state index in [0.29, 0.717) is 12.5 Å². The molecule has 0 aromatic heterocycles. The van der Waals surface area contributed by atoms with Gasteiger partial charge in [-0.3, -0.25) is 14.5 Å². The van der Waals surface area contributed by atoms with Crippen molar-refractivity contribution in [3.05, 3.63) is 29.8 Å². The zero-order chi connectivity index (χ0) is 18.2. The predicted octanol–water partition coefficient (Wildman–Crippen LogP) is 1.93. The molecule has 1 heterocycles. The highest BCUT2D eigenvalue weighted by Gasteiger charge is 2.17. The van der Waals surface area contributed by atoms with Gasteiger partial charge in [0.2, 0.25) is 11.8 Å². The summed E-state index contributed by atoms with van der Waals surface area (Å²) in [6, 6.07) is 7.83. The Morgan fingerprint density at radius 2 is 1.84 bits per heavy atom. The lowest BCUT2D eigenvalue weighted by Crippen LogP contribution is -2.44. The van der Waals surface area contributed by atoms with Crippen LogP contribution < -0.4 is 5.32 Å². The summed E-state index contributed by atoms with van der Waals surface area (Å²) in [5.74, 6) is 0.200. The quantitative estimate of drug-likeness (QED) is 0.819. The summed E-state index contributed by atoms with van der Waals surface area (Å²) in [7, 11) is 0. The van der Waals surface area contributed by atoms with Gasteiger partial charge in [-0.15, -0.1) is 0 Å². The van der Waals surface area contributed by atoms with E-state index in [0.717, 1.165) is 38.5 Å². The number of nitrogens with one attached hydrogen (secondary N) is 1. The predicted molar refractivity (Wildman–Crippen MR) is 98.7 cm³/mol. The van der Waals surface area contributed by atoms with Crippen LogP contribution in [0, 0.1) is 0 Å². The molecule has 1 aromatic carbocycles. The molecule has 0 aliphatic carbocycles. The van der Waals surface area contributed by atoms with Gasteiger partial charge >= 0.3 is 0 Å². The fraction of sp³-hybridized carbons (Fsp3) is 0.579. The average molecular weight is 347 g/mol. The second-order valence-corrected chi connectivity index (χ2v) is 6.72. The zero-order valence-corrected chi connectivity index (χ0v) is 15.5. The summed E-state index contributed by atoms with van der Waals surface area (Å²) < 4.78 is 5.32. The highest BCUT2D eigenvalue weighted by atomic mass is 16.5. The summed E-state index contributed by atoms with van der Waals surface area (Å²) >= 11 is 0. The second-order valence-electron chi connectivity index (χ2n) is 6.72. The fourth-order valence-electron chi connectivity index (χ4n) is 2.76. The van der Waals surface area contributed by atoms with Crippen molar-refractivity contribution in [2.75, 3.05) is 51.3 Å². The molecular weight excluding hydrogens is 318 g/mol. The molecule has 0 unspecified atom stereocenters. The fourth-order valence-corrected chi connectivity index (χ4v) is 2.76. The van der Waals surface area contributed by atoms with Gasteiger partial charge in [-0.1, -0.05) is 26.0 Å². The standard InChI is InChI=1S/C19H29N3O3/c1-15(2)17-4-6-18(7-5-17)20-19(24)14-22(16(3)23)9-8-21-10-12-25-13-11-21/h4-7,15H,8-14H2,1-3H3,(H,20,24). The van der Waals surface area contributed by atoms with E-state index in [1.165, 1.54) is 12.5 Å². The number of ether oxygens (including phenoxy) is 1. The Labute approximate surface area is 150 Å². The number of nitrogens with zero attached hydrogens (tertiary/aromatic N) is 2. The Bertz CT molecular complexity index is 566. The van der Waals surface area contributed by atoms with E-state index in [9.17, 15) is 9.59 Å². The van der Waals surface area contributed by atoms with E-state index in [4.69, 9.17) is 4.74 Å². The van der Waals surface area contributed by atoms with Crippen LogP contribution in [0.5, 0.6) is 0 Å². The van der Waals surface area contributed by atoms with Gasteiger partial charge in [-0.25, -0.2) is 0 Å². The topological polar surface area (TPSA) is 61.9 Å². The summed E-state index contributed by atoms with van der Waals surface area (Å²) in [4.78, 5) is 27.9. The van der Waals surface area contributed by atoms with Crippen LogP contribution in [0.4, 0.5) is 5.69 Å². The lowest BCUT2D eigenvalue weighted by atomic mass is 10.0. The molecule has 0 spiro atoms. The van der Waals surface area contributed by atoms with Crippen molar-refractivity contribution in [3.63, 3.8) is 0 Å². The molecule has 138 valence electrons. The van der Waals surface area contributed by atoms with Gasteiger partial charge in [-0.05, 0) is 23.6 Å². The highest BCUT2D eigenvalue weighted by molar-refractivity contribution is 5.94. The number of carbonyl (C=O) groups excluding carboxylic acids is 2. The van der Waals surface area contributed by atoms with E-state index in [-0.39, 0.29) is 18.4 Å². The summed E-state index contributed by atoms with van der Waals surface area (Å²) in [5, 5.41) is 2.86. The Morgan fingerprint density at radius 3 is 2.40 bits per heavy atom. The van der Waals surface area contributed by atoms with Crippen LogP contribution >= 0.6 is 0 Å². The lowest BCUT2D eigenvalue weighted by molar-refractivity contribution is -0.133. The van der Waals surface area contributed by atoms with E-state index < -0.39 is 0 Å². The molecule has 1 aliphatic heterocycles. The van der Waals surface area contributed by atoms with Gasteiger partial charge in [-0.2, -0.15) is 0 Å². The molecule has 2 amide bonds. The number of morpholine rings is 1. The number of amides is 2. The SMILES string of the molecule is CC(=O)N(CCN1CCOCC1)CC(=O)Nc1ccc(C(C)C)cc1. The molecule has 0 atom stereocenters. The monoisotopic (exact) mass is 347 g/mol. The minimum atomic E-state index is -0.172. The molecule has 1 aliphatic rings. The number of hydrogen-bond acceptors (Lipinski definition) is 4. The van der Waals surface area contributed by atoms with Crippen LogP contribution in [0.25, 0.3) is 0 Å². The number of carbonyl (C=O) groups is 2. The normalized spacial score (nSPS) is 15.2. The minimum Gasteiger partial charge on any atom is -0.379 e. The summed E-state index contributed by atoms with van der Waals surface area (Å²) in [6.07, 6.45) is 0. The molecule has 0 bridgehead atoms. The maximum Gasteiger partial charge on any atom is 0.243 e. The maximum absolute atomic E-state index is 12.3. The maximum atomic E-state index is 12.3. The molecule has 1 fully saturated rings. The number of anilines is 1. The van der Waals surface area contributed by atoms with E-state index >= 15 is 0 Å². The third kappa shape index (κ3) is 6.48.